The zero-order chi connectivity index (χ0) is 12.6. The normalized spacial score (nSPS) is 15.8. The van der Waals surface area contributed by atoms with Crippen LogP contribution in [0.4, 0.5) is 5.69 Å². The minimum absolute atomic E-state index is 0.139. The average Bonchev–Trinajstić information content (AvgIpc) is 2.63. The van der Waals surface area contributed by atoms with Crippen molar-refractivity contribution >= 4 is 17.3 Å². The van der Waals surface area contributed by atoms with E-state index in [1.807, 2.05) is 6.92 Å². The number of rotatable bonds is 3. The number of ether oxygens (including phenoxy) is 2. The number of anilines is 1. The summed E-state index contributed by atoms with van der Waals surface area (Å²) in [6.07, 6.45) is 0. The van der Waals surface area contributed by atoms with Crippen LogP contribution in [0.2, 0.25) is 5.02 Å². The molecule has 1 atom stereocenters. The molecule has 2 rings (SSSR count). The highest BCUT2D eigenvalue weighted by Gasteiger charge is 2.24. The standard InChI is InChI=1S/C12H16ClNO3/c1-7(12(2,3)15)14-9-5-11-10(4-8(9)13)16-6-17-11/h4-5,7,14-15H,6H2,1-3H3. The molecule has 0 aromatic heterocycles. The highest BCUT2D eigenvalue weighted by atomic mass is 35.5. The Bertz CT molecular complexity index is 428. The molecule has 17 heavy (non-hydrogen) atoms. The van der Waals surface area contributed by atoms with Crippen molar-refractivity contribution in [3.8, 4) is 11.5 Å². The van der Waals surface area contributed by atoms with E-state index in [4.69, 9.17) is 21.1 Å². The molecule has 1 heterocycles. The molecule has 0 fully saturated rings. The minimum Gasteiger partial charge on any atom is -0.454 e. The fourth-order valence-corrected chi connectivity index (χ4v) is 1.65. The Labute approximate surface area is 105 Å². The summed E-state index contributed by atoms with van der Waals surface area (Å²) in [5.74, 6) is 1.32. The number of halogens is 1. The van der Waals surface area contributed by atoms with Gasteiger partial charge in [0.2, 0.25) is 6.79 Å². The van der Waals surface area contributed by atoms with Gasteiger partial charge in [0.05, 0.1) is 22.4 Å². The SMILES string of the molecule is CC(Nc1cc2c(cc1Cl)OCO2)C(C)(C)O. The number of benzene rings is 1. The van der Waals surface area contributed by atoms with Crippen LogP contribution in [0.5, 0.6) is 11.5 Å². The lowest BCUT2D eigenvalue weighted by Crippen LogP contribution is -2.39. The lowest BCUT2D eigenvalue weighted by Gasteiger charge is -2.28. The first kappa shape index (κ1) is 12.3. The van der Waals surface area contributed by atoms with Crippen molar-refractivity contribution in [1.82, 2.24) is 0 Å². The van der Waals surface area contributed by atoms with Gasteiger partial charge in [-0.05, 0) is 20.8 Å². The number of hydrogen-bond acceptors (Lipinski definition) is 4. The van der Waals surface area contributed by atoms with E-state index in [0.29, 0.717) is 16.5 Å². The zero-order valence-corrected chi connectivity index (χ0v) is 10.8. The summed E-state index contributed by atoms with van der Waals surface area (Å²) >= 11 is 6.12. The molecule has 2 N–H and O–H groups in total. The van der Waals surface area contributed by atoms with Crippen LogP contribution in [-0.4, -0.2) is 23.5 Å². The molecule has 0 bridgehead atoms. The molecule has 0 spiro atoms. The predicted molar refractivity (Wildman–Crippen MR) is 67.0 cm³/mol. The third-order valence-electron chi connectivity index (χ3n) is 2.89. The van der Waals surface area contributed by atoms with Gasteiger partial charge in [0.25, 0.3) is 0 Å². The van der Waals surface area contributed by atoms with E-state index in [-0.39, 0.29) is 12.8 Å². The molecular weight excluding hydrogens is 242 g/mol. The number of aliphatic hydroxyl groups is 1. The molecule has 1 unspecified atom stereocenters. The van der Waals surface area contributed by atoms with E-state index in [1.165, 1.54) is 0 Å². The van der Waals surface area contributed by atoms with Crippen molar-refractivity contribution in [2.45, 2.75) is 32.4 Å². The van der Waals surface area contributed by atoms with Gasteiger partial charge in [-0.25, -0.2) is 0 Å². The van der Waals surface area contributed by atoms with E-state index in [0.717, 1.165) is 5.69 Å². The van der Waals surface area contributed by atoms with E-state index < -0.39 is 5.60 Å². The lowest BCUT2D eigenvalue weighted by molar-refractivity contribution is 0.0649. The van der Waals surface area contributed by atoms with Crippen LogP contribution in [0.1, 0.15) is 20.8 Å². The number of fused-ring (bicyclic) bond motifs is 1. The van der Waals surface area contributed by atoms with Gasteiger partial charge in [0, 0.05) is 12.1 Å². The fourth-order valence-electron chi connectivity index (χ4n) is 1.44. The molecule has 0 saturated carbocycles. The van der Waals surface area contributed by atoms with Gasteiger partial charge in [0.1, 0.15) is 0 Å². The third kappa shape index (κ3) is 2.58. The summed E-state index contributed by atoms with van der Waals surface area (Å²) in [4.78, 5) is 0. The second kappa shape index (κ2) is 4.27. The Hall–Kier alpha value is -1.13. The molecule has 0 radical (unpaired) electrons. The summed E-state index contributed by atoms with van der Waals surface area (Å²) in [5.41, 5.74) is -0.106. The summed E-state index contributed by atoms with van der Waals surface area (Å²) in [6.45, 7) is 5.59. The maximum atomic E-state index is 9.87. The maximum Gasteiger partial charge on any atom is 0.231 e. The molecular formula is C12H16ClNO3. The third-order valence-corrected chi connectivity index (χ3v) is 3.21. The summed E-state index contributed by atoms with van der Waals surface area (Å²) in [5, 5.41) is 13.6. The van der Waals surface area contributed by atoms with Crippen LogP contribution in [0.15, 0.2) is 12.1 Å². The zero-order valence-electron chi connectivity index (χ0n) is 10.1. The Balaban J connectivity index is 2.22. The average molecular weight is 258 g/mol. The summed E-state index contributed by atoms with van der Waals surface area (Å²) < 4.78 is 10.5. The van der Waals surface area contributed by atoms with Crippen molar-refractivity contribution in [2.24, 2.45) is 0 Å². The second-order valence-corrected chi connectivity index (χ2v) is 5.11. The molecule has 94 valence electrons. The Kier molecular flexibility index (Phi) is 3.10. The van der Waals surface area contributed by atoms with Gasteiger partial charge < -0.3 is 19.9 Å². The minimum atomic E-state index is -0.834. The van der Waals surface area contributed by atoms with Gasteiger partial charge in [-0.1, -0.05) is 11.6 Å². The van der Waals surface area contributed by atoms with Gasteiger partial charge in [-0.2, -0.15) is 0 Å². The molecule has 0 aliphatic carbocycles. The Morgan fingerprint density at radius 3 is 2.53 bits per heavy atom. The molecule has 5 heteroatoms. The number of hydrogen-bond donors (Lipinski definition) is 2. The van der Waals surface area contributed by atoms with Crippen LogP contribution < -0.4 is 14.8 Å². The molecule has 1 aromatic carbocycles. The molecule has 1 aromatic rings. The van der Waals surface area contributed by atoms with Gasteiger partial charge in [0.15, 0.2) is 11.5 Å². The monoisotopic (exact) mass is 257 g/mol. The molecule has 0 saturated heterocycles. The molecule has 1 aliphatic rings. The van der Waals surface area contributed by atoms with Crippen molar-refractivity contribution in [2.75, 3.05) is 12.1 Å². The largest absolute Gasteiger partial charge is 0.454 e. The van der Waals surface area contributed by atoms with Crippen LogP contribution in [0, 0.1) is 0 Å². The van der Waals surface area contributed by atoms with Gasteiger partial charge in [-0.15, -0.1) is 0 Å². The van der Waals surface area contributed by atoms with E-state index >= 15 is 0 Å². The van der Waals surface area contributed by atoms with Crippen molar-refractivity contribution in [1.29, 1.82) is 0 Å². The Morgan fingerprint density at radius 1 is 1.35 bits per heavy atom. The number of nitrogens with one attached hydrogen (secondary N) is 1. The van der Waals surface area contributed by atoms with E-state index in [2.05, 4.69) is 5.32 Å². The highest BCUT2D eigenvalue weighted by molar-refractivity contribution is 6.33. The quantitative estimate of drug-likeness (QED) is 0.874. The first-order valence-electron chi connectivity index (χ1n) is 5.46. The van der Waals surface area contributed by atoms with Crippen LogP contribution in [0.25, 0.3) is 0 Å². The smallest absolute Gasteiger partial charge is 0.231 e. The fraction of sp³-hybridized carbons (Fsp3) is 0.500. The maximum absolute atomic E-state index is 9.87. The van der Waals surface area contributed by atoms with Gasteiger partial charge in [-0.3, -0.25) is 0 Å². The topological polar surface area (TPSA) is 50.7 Å². The summed E-state index contributed by atoms with van der Waals surface area (Å²) in [7, 11) is 0. The van der Waals surface area contributed by atoms with Gasteiger partial charge >= 0.3 is 0 Å². The summed E-state index contributed by atoms with van der Waals surface area (Å²) in [6, 6.07) is 3.36. The van der Waals surface area contributed by atoms with Crippen LogP contribution in [0.3, 0.4) is 0 Å². The van der Waals surface area contributed by atoms with Crippen molar-refractivity contribution in [3.63, 3.8) is 0 Å². The molecule has 4 nitrogen and oxygen atoms in total. The van der Waals surface area contributed by atoms with E-state index in [9.17, 15) is 5.11 Å². The second-order valence-electron chi connectivity index (χ2n) is 4.71. The lowest BCUT2D eigenvalue weighted by atomic mass is 10.0. The van der Waals surface area contributed by atoms with Crippen LogP contribution in [-0.2, 0) is 0 Å². The Morgan fingerprint density at radius 2 is 1.94 bits per heavy atom. The predicted octanol–water partition coefficient (Wildman–Crippen LogP) is 2.64. The van der Waals surface area contributed by atoms with Crippen LogP contribution >= 0.6 is 11.6 Å². The van der Waals surface area contributed by atoms with E-state index in [1.54, 1.807) is 26.0 Å². The molecule has 0 amide bonds. The first-order valence-corrected chi connectivity index (χ1v) is 5.84. The highest BCUT2D eigenvalue weighted by Crippen LogP contribution is 2.39. The molecule has 1 aliphatic heterocycles. The van der Waals surface area contributed by atoms with Crippen molar-refractivity contribution < 1.29 is 14.6 Å². The first-order chi connectivity index (χ1) is 7.88. The van der Waals surface area contributed by atoms with Crippen molar-refractivity contribution in [3.05, 3.63) is 17.2 Å².